The van der Waals surface area contributed by atoms with Gasteiger partial charge in [0.05, 0.1) is 15.7 Å². The van der Waals surface area contributed by atoms with Crippen LogP contribution in [0.2, 0.25) is 15.1 Å². The summed E-state index contributed by atoms with van der Waals surface area (Å²) in [6.07, 6.45) is 3.22. The molecular formula is C41H47Cl3N6O4. The number of allylic oxidation sites excluding steroid dienone is 1. The molecule has 54 heavy (non-hydrogen) atoms. The number of ether oxygens (including phenoxy) is 1. The largest absolute Gasteiger partial charge is 0.480 e. The summed E-state index contributed by atoms with van der Waals surface area (Å²) in [5, 5.41) is 20.2. The van der Waals surface area contributed by atoms with E-state index in [4.69, 9.17) is 39.5 Å². The Kier molecular flexibility index (Phi) is 12.0. The van der Waals surface area contributed by atoms with Gasteiger partial charge in [-0.25, -0.2) is 0 Å². The Morgan fingerprint density at radius 1 is 0.944 bits per heavy atom. The number of anilines is 2. The molecule has 286 valence electrons. The predicted molar refractivity (Wildman–Crippen MR) is 217 cm³/mol. The SMILES string of the molecule is CCC(Oc1ccc(C(C)(C)CC)cc1C(C)(C)CC)C(=O)Nc1cccc(C(=O)NC2=NN(c3c(Cl)cc(Cl)cc3Cl)C(=O)C2C2(C)C=C(C)N=N2)c1. The number of amides is 3. The predicted octanol–water partition coefficient (Wildman–Crippen LogP) is 10.7. The lowest BCUT2D eigenvalue weighted by molar-refractivity contribution is -0.123. The molecule has 2 heterocycles. The average molecular weight is 794 g/mol. The molecule has 0 bridgehead atoms. The van der Waals surface area contributed by atoms with E-state index >= 15 is 0 Å². The molecule has 3 aromatic rings. The third-order valence-electron chi connectivity index (χ3n) is 10.5. The molecule has 3 atom stereocenters. The summed E-state index contributed by atoms with van der Waals surface area (Å²) >= 11 is 19.1. The van der Waals surface area contributed by atoms with Crippen molar-refractivity contribution in [2.45, 2.75) is 104 Å². The van der Waals surface area contributed by atoms with E-state index in [0.29, 0.717) is 23.6 Å². The molecule has 0 aromatic heterocycles. The number of amidine groups is 1. The Bertz CT molecular complexity index is 2050. The molecule has 3 amide bonds. The quantitative estimate of drug-likeness (QED) is 0.189. The number of nitrogens with zero attached hydrogens (tertiary/aromatic N) is 4. The number of hydrogen-bond acceptors (Lipinski definition) is 7. The minimum atomic E-state index is -1.16. The van der Waals surface area contributed by atoms with Crippen LogP contribution in [0.3, 0.4) is 0 Å². The molecule has 0 saturated heterocycles. The van der Waals surface area contributed by atoms with Crippen molar-refractivity contribution < 1.29 is 19.1 Å². The maximum absolute atomic E-state index is 14.0. The molecule has 0 saturated carbocycles. The van der Waals surface area contributed by atoms with Crippen LogP contribution in [0, 0.1) is 5.92 Å². The van der Waals surface area contributed by atoms with Gasteiger partial charge >= 0.3 is 0 Å². The number of azo groups is 1. The van der Waals surface area contributed by atoms with Gasteiger partial charge in [0.15, 0.2) is 6.10 Å². The molecule has 0 radical (unpaired) electrons. The van der Waals surface area contributed by atoms with Crippen molar-refractivity contribution in [3.63, 3.8) is 0 Å². The number of benzene rings is 3. The van der Waals surface area contributed by atoms with Gasteiger partial charge < -0.3 is 15.4 Å². The van der Waals surface area contributed by atoms with E-state index < -0.39 is 29.4 Å². The first-order valence-corrected chi connectivity index (χ1v) is 19.2. The number of hydrogen-bond donors (Lipinski definition) is 2. The maximum Gasteiger partial charge on any atom is 0.265 e. The smallest absolute Gasteiger partial charge is 0.265 e. The normalized spacial score (nSPS) is 19.1. The van der Waals surface area contributed by atoms with Crippen LogP contribution < -0.4 is 20.4 Å². The van der Waals surface area contributed by atoms with Gasteiger partial charge in [-0.1, -0.05) is 101 Å². The van der Waals surface area contributed by atoms with Crippen LogP contribution in [0.4, 0.5) is 11.4 Å². The minimum absolute atomic E-state index is 0.00996. The van der Waals surface area contributed by atoms with Gasteiger partial charge in [-0.05, 0) is 92.0 Å². The van der Waals surface area contributed by atoms with Crippen LogP contribution in [-0.2, 0) is 20.4 Å². The molecule has 0 spiro atoms. The first-order valence-electron chi connectivity index (χ1n) is 18.1. The highest BCUT2D eigenvalue weighted by Crippen LogP contribution is 2.43. The number of nitrogens with one attached hydrogen (secondary N) is 2. The second-order valence-electron chi connectivity index (χ2n) is 15.2. The summed E-state index contributed by atoms with van der Waals surface area (Å²) in [5.41, 5.74) is 2.25. The second-order valence-corrected chi connectivity index (χ2v) is 16.5. The topological polar surface area (TPSA) is 125 Å². The molecule has 3 aromatic carbocycles. The van der Waals surface area contributed by atoms with Gasteiger partial charge in [-0.3, -0.25) is 14.4 Å². The Labute approximate surface area is 332 Å². The monoisotopic (exact) mass is 792 g/mol. The fraction of sp³-hybridized carbons (Fsp3) is 0.415. The van der Waals surface area contributed by atoms with Crippen molar-refractivity contribution in [1.29, 1.82) is 0 Å². The average Bonchev–Trinajstić information content (AvgIpc) is 3.63. The third-order valence-corrected chi connectivity index (χ3v) is 11.3. The molecule has 0 fully saturated rings. The van der Waals surface area contributed by atoms with Gasteiger partial charge in [0, 0.05) is 21.8 Å². The fourth-order valence-corrected chi connectivity index (χ4v) is 7.36. The second kappa shape index (κ2) is 15.8. The molecule has 2 N–H and O–H groups in total. The van der Waals surface area contributed by atoms with E-state index in [2.05, 4.69) is 79.6 Å². The molecule has 2 aliphatic heterocycles. The summed E-state index contributed by atoms with van der Waals surface area (Å²) in [5.74, 6) is -1.82. The summed E-state index contributed by atoms with van der Waals surface area (Å²) in [6, 6.07) is 15.6. The van der Waals surface area contributed by atoms with Crippen molar-refractivity contribution in [2.24, 2.45) is 21.2 Å². The van der Waals surface area contributed by atoms with Crippen LogP contribution in [0.5, 0.6) is 5.75 Å². The van der Waals surface area contributed by atoms with Crippen molar-refractivity contribution in [3.8, 4) is 5.75 Å². The molecular weight excluding hydrogens is 747 g/mol. The van der Waals surface area contributed by atoms with Crippen LogP contribution in [0.25, 0.3) is 0 Å². The first kappa shape index (κ1) is 40.9. The zero-order chi connectivity index (χ0) is 39.7. The summed E-state index contributed by atoms with van der Waals surface area (Å²) < 4.78 is 6.45. The first-order chi connectivity index (χ1) is 25.3. The van der Waals surface area contributed by atoms with Gasteiger partial charge in [0.1, 0.15) is 28.7 Å². The number of hydrazone groups is 1. The summed E-state index contributed by atoms with van der Waals surface area (Å²) in [4.78, 5) is 41.5. The van der Waals surface area contributed by atoms with Crippen molar-refractivity contribution in [1.82, 2.24) is 5.32 Å². The zero-order valence-corrected chi connectivity index (χ0v) is 34.4. The van der Waals surface area contributed by atoms with Crippen LogP contribution in [-0.4, -0.2) is 35.2 Å². The zero-order valence-electron chi connectivity index (χ0n) is 32.1. The highest BCUT2D eigenvalue weighted by atomic mass is 35.5. The van der Waals surface area contributed by atoms with E-state index in [9.17, 15) is 14.4 Å². The van der Waals surface area contributed by atoms with Crippen molar-refractivity contribution >= 4 is 69.7 Å². The Morgan fingerprint density at radius 3 is 2.20 bits per heavy atom. The third kappa shape index (κ3) is 8.36. The van der Waals surface area contributed by atoms with Crippen LogP contribution in [0.1, 0.15) is 103 Å². The highest BCUT2D eigenvalue weighted by molar-refractivity contribution is 6.43. The Morgan fingerprint density at radius 2 is 1.61 bits per heavy atom. The number of rotatable bonds is 12. The van der Waals surface area contributed by atoms with E-state index in [1.54, 1.807) is 44.2 Å². The standard InChI is InChI=1S/C41H47Cl3N6O4/c1-10-31(54-32-17-16-25(39(5,6)11-2)19-28(32)40(7,8)12-3)37(52)45-27-15-13-14-24(18-27)36(51)46-35-33(41(9)22-23(4)47-49-41)38(53)50(48-35)34-29(43)20-26(42)21-30(34)44/h13-22,31,33H,10-12H2,1-9H3,(H,45,52)(H,46,48,51). The van der Waals surface area contributed by atoms with E-state index in [-0.39, 0.29) is 48.9 Å². The lowest BCUT2D eigenvalue weighted by atomic mass is 9.76. The molecule has 3 unspecified atom stereocenters. The van der Waals surface area contributed by atoms with E-state index in [1.807, 2.05) is 13.0 Å². The maximum atomic E-state index is 14.0. The lowest BCUT2D eigenvalue weighted by Gasteiger charge is -2.31. The highest BCUT2D eigenvalue weighted by Gasteiger charge is 2.51. The molecule has 13 heteroatoms. The lowest BCUT2D eigenvalue weighted by Crippen LogP contribution is -2.47. The van der Waals surface area contributed by atoms with Crippen LogP contribution in [0.15, 0.2) is 81.7 Å². The summed E-state index contributed by atoms with van der Waals surface area (Å²) in [7, 11) is 0. The fourth-order valence-electron chi connectivity index (χ4n) is 6.39. The van der Waals surface area contributed by atoms with Crippen molar-refractivity contribution in [3.05, 3.63) is 98.1 Å². The van der Waals surface area contributed by atoms with Gasteiger partial charge in [-0.15, -0.1) is 0 Å². The Balaban J connectivity index is 1.39. The van der Waals surface area contributed by atoms with E-state index in [1.165, 1.54) is 17.7 Å². The molecule has 0 aliphatic carbocycles. The van der Waals surface area contributed by atoms with E-state index in [0.717, 1.165) is 23.4 Å². The van der Waals surface area contributed by atoms with Gasteiger partial charge in [-0.2, -0.15) is 20.3 Å². The Hall–Kier alpha value is -4.25. The number of carbonyl (C=O) groups is 3. The molecule has 10 nitrogen and oxygen atoms in total. The van der Waals surface area contributed by atoms with Gasteiger partial charge in [0.2, 0.25) is 0 Å². The van der Waals surface area contributed by atoms with Crippen molar-refractivity contribution in [2.75, 3.05) is 10.3 Å². The minimum Gasteiger partial charge on any atom is -0.480 e. The molecule has 5 rings (SSSR count). The number of halogens is 3. The van der Waals surface area contributed by atoms with Gasteiger partial charge in [0.25, 0.3) is 17.7 Å². The number of carbonyl (C=O) groups excluding carboxylic acids is 3. The summed E-state index contributed by atoms with van der Waals surface area (Å²) in [6.45, 7) is 18.5. The van der Waals surface area contributed by atoms with Crippen LogP contribution >= 0.6 is 34.8 Å². The molecule has 2 aliphatic rings.